The number of benzene rings is 3. The predicted molar refractivity (Wildman–Crippen MR) is 135 cm³/mol. The normalized spacial score (nSPS) is 13.1. The third-order valence-corrected chi connectivity index (χ3v) is 6.13. The molecule has 0 aliphatic rings. The molecule has 0 heterocycles. The number of hydrogen-bond donors (Lipinski definition) is 2. The molecular formula is C28H20F6N2O5. The van der Waals surface area contributed by atoms with Gasteiger partial charge >= 0.3 is 12.1 Å². The van der Waals surface area contributed by atoms with Crippen molar-refractivity contribution in [1.29, 1.82) is 0 Å². The smallest absolute Gasteiger partial charge is 0.491 e. The second-order valence-electron chi connectivity index (χ2n) is 8.91. The first-order valence-electron chi connectivity index (χ1n) is 11.8. The largest absolute Gasteiger partial charge is 0.497 e. The second-order valence-corrected chi connectivity index (χ2v) is 8.91. The van der Waals surface area contributed by atoms with Crippen molar-refractivity contribution >= 4 is 17.3 Å². The number of nitrogens with one attached hydrogen (secondary N) is 2. The van der Waals surface area contributed by atoms with Crippen molar-refractivity contribution < 1.29 is 40.6 Å². The molecule has 0 amide bonds. The van der Waals surface area contributed by atoms with Crippen LogP contribution in [0, 0.1) is 17.5 Å². The Kier molecular flexibility index (Phi) is 8.19. The molecule has 0 spiro atoms. The molecule has 4 aromatic rings. The van der Waals surface area contributed by atoms with E-state index in [-0.39, 0.29) is 5.56 Å². The summed E-state index contributed by atoms with van der Waals surface area (Å²) in [6.45, 7) is 1.64. The van der Waals surface area contributed by atoms with Crippen molar-refractivity contribution in [3.8, 4) is 11.5 Å². The molecule has 0 aliphatic heterocycles. The van der Waals surface area contributed by atoms with Crippen molar-refractivity contribution in [2.45, 2.75) is 25.2 Å². The summed E-state index contributed by atoms with van der Waals surface area (Å²) in [5.74, 6) is -5.95. The van der Waals surface area contributed by atoms with Crippen LogP contribution in [0.1, 0.15) is 35.7 Å². The first-order valence-corrected chi connectivity index (χ1v) is 11.8. The maximum Gasteiger partial charge on any atom is 0.491 e. The lowest BCUT2D eigenvalue weighted by Gasteiger charge is -2.26. The van der Waals surface area contributed by atoms with Crippen LogP contribution in [0.4, 0.5) is 37.7 Å². The highest BCUT2D eigenvalue weighted by Gasteiger charge is 2.43. The molecular weight excluding hydrogens is 558 g/mol. The maximum atomic E-state index is 14.8. The van der Waals surface area contributed by atoms with E-state index in [9.17, 15) is 40.7 Å². The fraction of sp³-hybridized carbons (Fsp3) is 0.179. The van der Waals surface area contributed by atoms with Gasteiger partial charge in [-0.15, -0.1) is 0 Å². The molecule has 0 saturated heterocycles. The Morgan fingerprint density at radius 3 is 2.02 bits per heavy atom. The van der Waals surface area contributed by atoms with Crippen LogP contribution in [0.15, 0.2) is 70.3 Å². The van der Waals surface area contributed by atoms with Gasteiger partial charge in [-0.25, -0.2) is 18.0 Å². The Labute approximate surface area is 228 Å². The number of carbonyl (C=O) groups excluding carboxylic acids is 1. The lowest BCUT2D eigenvalue weighted by molar-refractivity contribution is -0.189. The first kappa shape index (κ1) is 29.3. The molecule has 0 aliphatic carbocycles. The first-order chi connectivity index (χ1) is 19.3. The van der Waals surface area contributed by atoms with Crippen LogP contribution in [0.2, 0.25) is 0 Å². The van der Waals surface area contributed by atoms with Crippen molar-refractivity contribution in [3.05, 3.63) is 115 Å². The highest BCUT2D eigenvalue weighted by molar-refractivity contribution is 5.82. The van der Waals surface area contributed by atoms with Crippen LogP contribution in [0.5, 0.6) is 11.5 Å². The van der Waals surface area contributed by atoms with Gasteiger partial charge in [0.05, 0.1) is 18.8 Å². The molecule has 4 rings (SSSR count). The van der Waals surface area contributed by atoms with Gasteiger partial charge in [-0.2, -0.15) is 13.2 Å². The Bertz CT molecular complexity index is 1640. The minimum atomic E-state index is -5.44. The van der Waals surface area contributed by atoms with Crippen LogP contribution in [0.3, 0.4) is 0 Å². The third kappa shape index (κ3) is 6.40. The molecule has 0 aromatic heterocycles. The van der Waals surface area contributed by atoms with E-state index in [1.54, 1.807) is 31.2 Å². The Balaban J connectivity index is 1.71. The number of carbonyl (C=O) groups is 1. The van der Waals surface area contributed by atoms with E-state index >= 15 is 0 Å². The topological polar surface area (TPSA) is 93.7 Å². The van der Waals surface area contributed by atoms with Crippen LogP contribution >= 0.6 is 0 Å². The summed E-state index contributed by atoms with van der Waals surface area (Å²) in [5.41, 5.74) is -2.86. The number of rotatable bonds is 9. The number of halogens is 6. The fourth-order valence-electron chi connectivity index (χ4n) is 4.04. The summed E-state index contributed by atoms with van der Waals surface area (Å²) in [6, 6.07) is 11.8. The molecule has 13 heteroatoms. The summed E-state index contributed by atoms with van der Waals surface area (Å²) in [6.07, 6.45) is -5.44. The van der Waals surface area contributed by atoms with E-state index in [1.165, 1.54) is 19.2 Å². The van der Waals surface area contributed by atoms with Gasteiger partial charge in [0, 0.05) is 12.1 Å². The van der Waals surface area contributed by atoms with E-state index in [4.69, 9.17) is 4.74 Å². The van der Waals surface area contributed by atoms with E-state index in [0.717, 1.165) is 24.3 Å². The zero-order chi connectivity index (χ0) is 30.1. The van der Waals surface area contributed by atoms with Gasteiger partial charge in [0.2, 0.25) is 5.75 Å². The summed E-state index contributed by atoms with van der Waals surface area (Å²) in [4.78, 5) is 35.0. The number of ether oxygens (including phenoxy) is 2. The molecule has 214 valence electrons. The van der Waals surface area contributed by atoms with Gasteiger partial charge in [-0.3, -0.25) is 14.9 Å². The highest BCUT2D eigenvalue weighted by atomic mass is 19.4. The number of anilines is 2. The zero-order valence-corrected chi connectivity index (χ0v) is 21.2. The van der Waals surface area contributed by atoms with Crippen molar-refractivity contribution in [2.75, 3.05) is 12.4 Å². The molecule has 0 radical (unpaired) electrons. The molecule has 41 heavy (non-hydrogen) atoms. The average molecular weight is 578 g/mol. The fourth-order valence-corrected chi connectivity index (χ4v) is 4.04. The number of methoxy groups -OCH3 is 1. The molecule has 1 unspecified atom stereocenters. The predicted octanol–water partition coefficient (Wildman–Crippen LogP) is 5.36. The number of esters is 1. The van der Waals surface area contributed by atoms with Gasteiger partial charge in [0.25, 0.3) is 10.9 Å². The van der Waals surface area contributed by atoms with Gasteiger partial charge in [-0.1, -0.05) is 18.2 Å². The van der Waals surface area contributed by atoms with Crippen LogP contribution in [0.25, 0.3) is 0 Å². The van der Waals surface area contributed by atoms with Crippen molar-refractivity contribution in [1.82, 2.24) is 5.32 Å². The molecule has 0 bridgehead atoms. The summed E-state index contributed by atoms with van der Waals surface area (Å²) < 4.78 is 89.5. The minimum Gasteiger partial charge on any atom is -0.497 e. The molecule has 7 nitrogen and oxygen atoms in total. The van der Waals surface area contributed by atoms with E-state index in [2.05, 4.69) is 15.4 Å². The monoisotopic (exact) mass is 578 g/mol. The van der Waals surface area contributed by atoms with Crippen molar-refractivity contribution in [3.63, 3.8) is 0 Å². The Morgan fingerprint density at radius 1 is 0.829 bits per heavy atom. The summed E-state index contributed by atoms with van der Waals surface area (Å²) in [5, 5.41) is 5.44. The maximum absolute atomic E-state index is 14.8. The van der Waals surface area contributed by atoms with Crippen molar-refractivity contribution in [2.24, 2.45) is 0 Å². The van der Waals surface area contributed by atoms with Crippen LogP contribution in [-0.2, 0) is 4.79 Å². The SMILES string of the molecule is COc1ccc(C(N[C@H](C)c2cc(F)cc(F)c2)c2ccc(F)c(Nc3c(OC(=O)C(F)(F)F)c(=O)c3=O)c2)cc1. The lowest BCUT2D eigenvalue weighted by atomic mass is 9.95. The average Bonchev–Trinajstić information content (AvgIpc) is 2.93. The van der Waals surface area contributed by atoms with Gasteiger partial charge in [0.1, 0.15) is 28.9 Å². The quantitative estimate of drug-likeness (QED) is 0.157. The molecule has 2 atom stereocenters. The third-order valence-electron chi connectivity index (χ3n) is 6.13. The Morgan fingerprint density at radius 2 is 1.44 bits per heavy atom. The van der Waals surface area contributed by atoms with Crippen LogP contribution < -0.4 is 31.0 Å². The molecule has 0 saturated carbocycles. The molecule has 2 N–H and O–H groups in total. The van der Waals surface area contributed by atoms with Gasteiger partial charge in [-0.05, 0) is 60.0 Å². The number of alkyl halides is 3. The van der Waals surface area contributed by atoms with E-state index < -0.39 is 69.7 Å². The van der Waals surface area contributed by atoms with E-state index in [0.29, 0.717) is 16.9 Å². The van der Waals surface area contributed by atoms with Gasteiger partial charge < -0.3 is 14.8 Å². The minimum absolute atomic E-state index is 0.265. The lowest BCUT2D eigenvalue weighted by Crippen LogP contribution is -2.39. The van der Waals surface area contributed by atoms with Crippen LogP contribution in [-0.4, -0.2) is 19.3 Å². The zero-order valence-electron chi connectivity index (χ0n) is 21.2. The van der Waals surface area contributed by atoms with E-state index in [1.807, 2.05) is 0 Å². The second kappa shape index (κ2) is 11.5. The summed E-state index contributed by atoms with van der Waals surface area (Å²) in [7, 11) is 1.46. The Hall–Kier alpha value is -4.65. The molecule has 4 aromatic carbocycles. The summed E-state index contributed by atoms with van der Waals surface area (Å²) >= 11 is 0. The van der Waals surface area contributed by atoms with Gasteiger partial charge in [0.15, 0.2) is 0 Å². The standard InChI is InChI=1S/C28H20F6N2O5/c1-13(16-9-17(29)12-18(30)10-16)35-22(14-3-6-19(40-2)7-4-14)15-5-8-20(31)21(11-15)36-23-24(37)25(38)26(23)41-27(39)28(32,33)34/h3-13,22,35-36H,1-2H3/t13-,22?/m1/s1. The molecule has 0 fully saturated rings. The highest BCUT2D eigenvalue weighted by Crippen LogP contribution is 2.33. The number of hydrogen-bond acceptors (Lipinski definition) is 7.